The number of carbonyl (C=O) groups excluding carboxylic acids is 2. The zero-order chi connectivity index (χ0) is 22.5. The summed E-state index contributed by atoms with van der Waals surface area (Å²) in [6, 6.07) is 11.7. The topological polar surface area (TPSA) is 58.6 Å². The summed E-state index contributed by atoms with van der Waals surface area (Å²) in [6.07, 6.45) is 0. The first-order chi connectivity index (χ1) is 14.0. The summed E-state index contributed by atoms with van der Waals surface area (Å²) in [5.41, 5.74) is 1.32. The van der Waals surface area contributed by atoms with Crippen molar-refractivity contribution in [2.75, 3.05) is 6.61 Å². The summed E-state index contributed by atoms with van der Waals surface area (Å²) in [4.78, 5) is 27.3. The fourth-order valence-corrected chi connectivity index (χ4v) is 3.02. The van der Waals surface area contributed by atoms with Gasteiger partial charge in [0.1, 0.15) is 11.8 Å². The summed E-state index contributed by atoms with van der Waals surface area (Å²) in [6.45, 7) is 9.34. The summed E-state index contributed by atoms with van der Waals surface area (Å²) >= 11 is 12.0. The van der Waals surface area contributed by atoms with Crippen LogP contribution < -0.4 is 10.1 Å². The van der Waals surface area contributed by atoms with E-state index in [-0.39, 0.29) is 25.0 Å². The van der Waals surface area contributed by atoms with E-state index in [2.05, 4.69) is 5.32 Å². The molecule has 0 aliphatic heterocycles. The van der Waals surface area contributed by atoms with Crippen molar-refractivity contribution in [3.8, 4) is 5.75 Å². The number of benzene rings is 2. The first kappa shape index (κ1) is 24.0. The maximum Gasteiger partial charge on any atom is 0.261 e. The molecule has 0 heterocycles. The lowest BCUT2D eigenvalue weighted by molar-refractivity contribution is -0.142. The van der Waals surface area contributed by atoms with Gasteiger partial charge in [-0.05, 0) is 76.1 Å². The lowest BCUT2D eigenvalue weighted by atomic mass is 10.1. The zero-order valence-electron chi connectivity index (χ0n) is 18.0. The number of carbonyl (C=O) groups is 2. The number of nitrogens with zero attached hydrogens (tertiary/aromatic N) is 1. The second kappa shape index (κ2) is 10.2. The molecule has 0 fully saturated rings. The van der Waals surface area contributed by atoms with E-state index < -0.39 is 11.6 Å². The van der Waals surface area contributed by atoms with E-state index in [1.165, 1.54) is 4.90 Å². The van der Waals surface area contributed by atoms with E-state index in [9.17, 15) is 9.59 Å². The maximum atomic E-state index is 13.0. The molecule has 0 saturated heterocycles. The van der Waals surface area contributed by atoms with Gasteiger partial charge in [-0.25, -0.2) is 0 Å². The van der Waals surface area contributed by atoms with Crippen molar-refractivity contribution in [3.05, 3.63) is 63.6 Å². The number of hydrogen-bond acceptors (Lipinski definition) is 3. The summed E-state index contributed by atoms with van der Waals surface area (Å²) < 4.78 is 5.67. The van der Waals surface area contributed by atoms with Crippen LogP contribution in [0.1, 0.15) is 38.8 Å². The van der Waals surface area contributed by atoms with Crippen LogP contribution in [0.2, 0.25) is 10.0 Å². The van der Waals surface area contributed by atoms with Crippen LogP contribution in [0.15, 0.2) is 42.5 Å². The van der Waals surface area contributed by atoms with Gasteiger partial charge in [-0.15, -0.1) is 0 Å². The molecule has 30 heavy (non-hydrogen) atoms. The quantitative estimate of drug-likeness (QED) is 0.644. The standard InChI is InChI=1S/C23H28Cl2N2O3/c1-15-12-19(10-11-20(15)25)30-14-21(28)27(13-17-6-8-18(24)9-7-17)16(2)22(29)26-23(3,4)5/h6-12,16H,13-14H2,1-5H3,(H,26,29)/t16-/m1/s1. The molecule has 1 atom stereocenters. The second-order valence-corrected chi connectivity index (χ2v) is 9.11. The zero-order valence-corrected chi connectivity index (χ0v) is 19.5. The summed E-state index contributed by atoms with van der Waals surface area (Å²) in [5, 5.41) is 4.17. The monoisotopic (exact) mass is 450 g/mol. The molecule has 1 N–H and O–H groups in total. The Morgan fingerprint density at radius 2 is 1.73 bits per heavy atom. The first-order valence-corrected chi connectivity index (χ1v) is 10.5. The fraction of sp³-hybridized carbons (Fsp3) is 0.391. The van der Waals surface area contributed by atoms with Gasteiger partial charge in [-0.3, -0.25) is 9.59 Å². The second-order valence-electron chi connectivity index (χ2n) is 8.26. The molecule has 2 amide bonds. The Morgan fingerprint density at radius 3 is 2.30 bits per heavy atom. The predicted molar refractivity (Wildman–Crippen MR) is 121 cm³/mol. The molecule has 0 aromatic heterocycles. The number of nitrogens with one attached hydrogen (secondary N) is 1. The number of hydrogen-bond donors (Lipinski definition) is 1. The van der Waals surface area contributed by atoms with Crippen molar-refractivity contribution in [2.45, 2.75) is 52.7 Å². The Kier molecular flexibility index (Phi) is 8.16. The van der Waals surface area contributed by atoms with E-state index in [0.29, 0.717) is 15.8 Å². The number of halogens is 2. The van der Waals surface area contributed by atoms with Crippen LogP contribution in [-0.2, 0) is 16.1 Å². The molecule has 0 saturated carbocycles. The highest BCUT2D eigenvalue weighted by Crippen LogP contribution is 2.21. The van der Waals surface area contributed by atoms with Crippen LogP contribution in [0.25, 0.3) is 0 Å². The smallest absolute Gasteiger partial charge is 0.261 e. The first-order valence-electron chi connectivity index (χ1n) is 9.71. The minimum absolute atomic E-state index is 0.193. The van der Waals surface area contributed by atoms with Crippen molar-refractivity contribution in [3.63, 3.8) is 0 Å². The van der Waals surface area contributed by atoms with Gasteiger partial charge < -0.3 is 15.0 Å². The van der Waals surface area contributed by atoms with Gasteiger partial charge >= 0.3 is 0 Å². The van der Waals surface area contributed by atoms with E-state index in [1.807, 2.05) is 39.8 Å². The van der Waals surface area contributed by atoms with Gasteiger partial charge in [0, 0.05) is 22.1 Å². The molecule has 0 radical (unpaired) electrons. The Morgan fingerprint density at radius 1 is 1.10 bits per heavy atom. The Hall–Kier alpha value is -2.24. The molecule has 2 aromatic rings. The van der Waals surface area contributed by atoms with Gasteiger partial charge in [0.15, 0.2) is 6.61 Å². The molecule has 2 rings (SSSR count). The SMILES string of the molecule is Cc1cc(OCC(=O)N(Cc2ccc(Cl)cc2)[C@H](C)C(=O)NC(C)(C)C)ccc1Cl. The highest BCUT2D eigenvalue weighted by Gasteiger charge is 2.28. The maximum absolute atomic E-state index is 13.0. The van der Waals surface area contributed by atoms with Gasteiger partial charge in [0.2, 0.25) is 5.91 Å². The Balaban J connectivity index is 2.17. The van der Waals surface area contributed by atoms with Crippen molar-refractivity contribution in [1.29, 1.82) is 0 Å². The molecular formula is C23H28Cl2N2O3. The fourth-order valence-electron chi connectivity index (χ4n) is 2.78. The third-order valence-corrected chi connectivity index (χ3v) is 5.10. The average Bonchev–Trinajstić information content (AvgIpc) is 2.66. The lowest BCUT2D eigenvalue weighted by Gasteiger charge is -2.31. The molecule has 0 unspecified atom stereocenters. The molecule has 7 heteroatoms. The molecule has 5 nitrogen and oxygen atoms in total. The van der Waals surface area contributed by atoms with Gasteiger partial charge in [-0.2, -0.15) is 0 Å². The number of rotatable bonds is 7. The van der Waals surface area contributed by atoms with Crippen LogP contribution in [0.3, 0.4) is 0 Å². The van der Waals surface area contributed by atoms with Gasteiger partial charge in [-0.1, -0.05) is 35.3 Å². The minimum atomic E-state index is -0.678. The van der Waals surface area contributed by atoms with E-state index >= 15 is 0 Å². The summed E-state index contributed by atoms with van der Waals surface area (Å²) in [7, 11) is 0. The molecule has 162 valence electrons. The third kappa shape index (κ3) is 7.22. The van der Waals surface area contributed by atoms with E-state index in [0.717, 1.165) is 11.1 Å². The Labute approximate surface area is 188 Å². The van der Waals surface area contributed by atoms with Crippen molar-refractivity contribution in [2.24, 2.45) is 0 Å². The molecule has 0 aliphatic carbocycles. The number of aryl methyl sites for hydroxylation is 1. The summed E-state index contributed by atoms with van der Waals surface area (Å²) in [5.74, 6) is 0.0183. The Bertz CT molecular complexity index is 892. The number of amides is 2. The normalized spacial score (nSPS) is 12.2. The van der Waals surface area contributed by atoms with E-state index in [4.69, 9.17) is 27.9 Å². The third-order valence-electron chi connectivity index (χ3n) is 4.42. The molecule has 2 aromatic carbocycles. The van der Waals surface area contributed by atoms with Crippen LogP contribution in [0.4, 0.5) is 0 Å². The largest absolute Gasteiger partial charge is 0.484 e. The molecule has 0 bridgehead atoms. The average molecular weight is 451 g/mol. The van der Waals surface area contributed by atoms with E-state index in [1.54, 1.807) is 37.3 Å². The van der Waals surface area contributed by atoms with Crippen molar-refractivity contribution in [1.82, 2.24) is 10.2 Å². The van der Waals surface area contributed by atoms with Crippen LogP contribution in [0.5, 0.6) is 5.75 Å². The van der Waals surface area contributed by atoms with Crippen molar-refractivity contribution >= 4 is 35.0 Å². The predicted octanol–water partition coefficient (Wildman–Crippen LogP) is 5.01. The van der Waals surface area contributed by atoms with Gasteiger partial charge in [0.05, 0.1) is 0 Å². The van der Waals surface area contributed by atoms with Crippen LogP contribution >= 0.6 is 23.2 Å². The molecule has 0 spiro atoms. The minimum Gasteiger partial charge on any atom is -0.484 e. The molecular weight excluding hydrogens is 423 g/mol. The van der Waals surface area contributed by atoms with Crippen LogP contribution in [-0.4, -0.2) is 34.9 Å². The van der Waals surface area contributed by atoms with Gasteiger partial charge in [0.25, 0.3) is 5.91 Å². The molecule has 0 aliphatic rings. The highest BCUT2D eigenvalue weighted by molar-refractivity contribution is 6.31. The lowest BCUT2D eigenvalue weighted by Crippen LogP contribution is -2.53. The van der Waals surface area contributed by atoms with Crippen LogP contribution in [0, 0.1) is 6.92 Å². The number of ether oxygens (including phenoxy) is 1. The highest BCUT2D eigenvalue weighted by atomic mass is 35.5. The van der Waals surface area contributed by atoms with Crippen molar-refractivity contribution < 1.29 is 14.3 Å².